The van der Waals surface area contributed by atoms with Crippen molar-refractivity contribution in [1.29, 1.82) is 0 Å². The minimum absolute atomic E-state index is 0.0980. The van der Waals surface area contributed by atoms with Gasteiger partial charge in [0.25, 0.3) is 0 Å². The topological polar surface area (TPSA) is 56.3 Å². The highest BCUT2D eigenvalue weighted by atomic mass is 16.7. The van der Waals surface area contributed by atoms with Crippen LogP contribution in [0.5, 0.6) is 0 Å². The van der Waals surface area contributed by atoms with Gasteiger partial charge < -0.3 is 10.1 Å². The van der Waals surface area contributed by atoms with E-state index in [1.54, 1.807) is 20.4 Å². The largest absolute Gasteiger partial charge is 0.452 e. The molecule has 0 bridgehead atoms. The van der Waals surface area contributed by atoms with Gasteiger partial charge in [0.15, 0.2) is 17.7 Å². The molecule has 0 amide bonds. The van der Waals surface area contributed by atoms with Crippen LogP contribution in [0.3, 0.4) is 0 Å². The predicted molar refractivity (Wildman–Crippen MR) is 91.1 cm³/mol. The molecule has 1 unspecified atom stereocenters. The van der Waals surface area contributed by atoms with Gasteiger partial charge in [0.2, 0.25) is 0 Å². The van der Waals surface area contributed by atoms with Crippen molar-refractivity contribution in [2.75, 3.05) is 26.1 Å². The number of rotatable bonds is 4. The molecule has 0 aromatic carbocycles. The smallest absolute Gasteiger partial charge is 0.335 e. The number of nitrogens with zero attached hydrogens (tertiary/aromatic N) is 3. The van der Waals surface area contributed by atoms with E-state index in [0.717, 1.165) is 47.2 Å². The lowest BCUT2D eigenvalue weighted by Crippen LogP contribution is -2.42. The summed E-state index contributed by atoms with van der Waals surface area (Å²) in [5.41, 5.74) is 3.50. The summed E-state index contributed by atoms with van der Waals surface area (Å²) in [6.07, 6.45) is 12.3. The van der Waals surface area contributed by atoms with Gasteiger partial charge in [0.05, 0.1) is 30.9 Å². The number of hydrogen-bond acceptors (Lipinski definition) is 5. The Kier molecular flexibility index (Phi) is 3.51. The van der Waals surface area contributed by atoms with Gasteiger partial charge in [-0.2, -0.15) is 9.94 Å². The van der Waals surface area contributed by atoms with Crippen LogP contribution in [0.4, 0.5) is 5.82 Å². The molecule has 0 fully saturated rings. The van der Waals surface area contributed by atoms with Gasteiger partial charge >= 0.3 is 5.88 Å². The van der Waals surface area contributed by atoms with Gasteiger partial charge in [-0.3, -0.25) is 0 Å². The molecule has 0 saturated heterocycles. The lowest BCUT2D eigenvalue weighted by molar-refractivity contribution is -0.962. The van der Waals surface area contributed by atoms with Crippen LogP contribution >= 0.6 is 0 Å². The van der Waals surface area contributed by atoms with Gasteiger partial charge in [-0.05, 0) is 25.3 Å². The average Bonchev–Trinajstić information content (AvgIpc) is 2.98. The third-order valence-corrected chi connectivity index (χ3v) is 4.70. The number of quaternary nitrogens is 1. The Hall–Kier alpha value is -2.44. The lowest BCUT2D eigenvalue weighted by atomic mass is 9.91. The Bertz CT molecular complexity index is 913. The summed E-state index contributed by atoms with van der Waals surface area (Å²) in [6, 6.07) is 0. The van der Waals surface area contributed by atoms with Gasteiger partial charge in [-0.25, -0.2) is 0 Å². The molecule has 2 aliphatic heterocycles. The number of nitrogens with one attached hydrogen (secondary N) is 1. The first-order valence-electron chi connectivity index (χ1n) is 8.19. The van der Waals surface area contributed by atoms with E-state index in [9.17, 15) is 0 Å². The van der Waals surface area contributed by atoms with Gasteiger partial charge in [-0.1, -0.05) is 16.8 Å². The van der Waals surface area contributed by atoms with Crippen molar-refractivity contribution < 1.29 is 14.2 Å². The van der Waals surface area contributed by atoms with Crippen LogP contribution < -0.4 is 15.8 Å². The molecule has 0 saturated carbocycles. The minimum atomic E-state index is 0.0980. The summed E-state index contributed by atoms with van der Waals surface area (Å²) in [6.45, 7) is 2.83. The zero-order chi connectivity index (χ0) is 16.7. The van der Waals surface area contributed by atoms with Crippen molar-refractivity contribution in [3.63, 3.8) is 0 Å². The number of hydrogen-bond donors (Lipinski definition) is 1. The second-order valence-corrected chi connectivity index (χ2v) is 5.94. The Morgan fingerprint density at radius 2 is 2.21 bits per heavy atom. The van der Waals surface area contributed by atoms with Crippen LogP contribution in [0.1, 0.15) is 19.8 Å². The van der Waals surface area contributed by atoms with E-state index in [4.69, 9.17) is 9.57 Å². The molecule has 4 rings (SSSR count). The number of fused-ring (bicyclic) bond motifs is 3. The van der Waals surface area contributed by atoms with Crippen molar-refractivity contribution in [2.24, 2.45) is 0 Å². The van der Waals surface area contributed by atoms with Crippen molar-refractivity contribution in [1.82, 2.24) is 10.2 Å². The molecule has 3 heterocycles. The van der Waals surface area contributed by atoms with E-state index < -0.39 is 0 Å². The maximum Gasteiger partial charge on any atom is 0.335 e. The highest BCUT2D eigenvalue weighted by Crippen LogP contribution is 2.43. The van der Waals surface area contributed by atoms with E-state index in [1.807, 2.05) is 6.20 Å². The first-order chi connectivity index (χ1) is 11.7. The number of anilines is 1. The number of aromatic nitrogens is 2. The first kappa shape index (κ1) is 15.1. The zero-order valence-corrected chi connectivity index (χ0v) is 14.2. The van der Waals surface area contributed by atoms with Crippen LogP contribution in [-0.4, -0.2) is 35.6 Å². The fourth-order valence-electron chi connectivity index (χ4n) is 3.69. The van der Waals surface area contributed by atoms with Crippen molar-refractivity contribution in [3.8, 4) is 0 Å². The lowest BCUT2D eigenvalue weighted by Gasteiger charge is -2.34. The molecule has 1 atom stereocenters. The van der Waals surface area contributed by atoms with Crippen molar-refractivity contribution >= 4 is 17.7 Å². The highest BCUT2D eigenvalue weighted by molar-refractivity contribution is 5.74. The zero-order valence-electron chi connectivity index (χ0n) is 14.2. The molecule has 24 heavy (non-hydrogen) atoms. The molecule has 6 heteroatoms. The molecular weight excluding hydrogens is 304 g/mol. The average molecular weight is 325 g/mol. The molecule has 0 spiro atoms. The fourth-order valence-corrected chi connectivity index (χ4v) is 3.69. The second-order valence-electron chi connectivity index (χ2n) is 5.94. The van der Waals surface area contributed by atoms with Gasteiger partial charge in [-0.15, -0.1) is 5.10 Å². The molecule has 6 nitrogen and oxygen atoms in total. The number of methoxy groups -OCH3 is 1. The molecule has 1 N–H and O–H groups in total. The van der Waals surface area contributed by atoms with Crippen LogP contribution in [0.25, 0.3) is 11.9 Å². The third-order valence-electron chi connectivity index (χ3n) is 4.70. The normalized spacial score (nSPS) is 24.0. The quantitative estimate of drug-likeness (QED) is 0.846. The van der Waals surface area contributed by atoms with Crippen LogP contribution in [0, 0.1) is 0 Å². The van der Waals surface area contributed by atoms with E-state index >= 15 is 0 Å². The van der Waals surface area contributed by atoms with Gasteiger partial charge in [0, 0.05) is 18.2 Å². The summed E-state index contributed by atoms with van der Waals surface area (Å²) in [7, 11) is 3.38. The maximum atomic E-state index is 5.97. The van der Waals surface area contributed by atoms with Gasteiger partial charge in [0.1, 0.15) is 0 Å². The molecule has 0 radical (unpaired) electrons. The monoisotopic (exact) mass is 325 g/mol. The van der Waals surface area contributed by atoms with Crippen molar-refractivity contribution in [2.45, 2.75) is 19.8 Å². The molecule has 1 aromatic heterocycles. The van der Waals surface area contributed by atoms with Crippen LogP contribution in [0.15, 0.2) is 41.5 Å². The number of allylic oxidation sites excluding steroid dienone is 3. The summed E-state index contributed by atoms with van der Waals surface area (Å²) in [4.78, 5) is 5.97. The Morgan fingerprint density at radius 1 is 1.33 bits per heavy atom. The minimum Gasteiger partial charge on any atom is -0.452 e. The number of ether oxygens (including phenoxy) is 1. The SMILES string of the molecule is CCNc1nncc2c1=C1C3=C(C=C(OC)[N+]1(OC)C=2)CCC=C3. The standard InChI is InChI=1S/C18H21N4O2/c1-4-19-18-16-13(10-20-21-18)11-22(24-3)15(23-2)9-12-7-5-6-8-14(12)17(16)22/h6,8-11H,4-5,7H2,1-3H3,(H,19,21)/q+1. The molecule has 1 aliphatic carbocycles. The Balaban J connectivity index is 2.14. The highest BCUT2D eigenvalue weighted by Gasteiger charge is 2.49. The molecule has 3 aliphatic rings. The van der Waals surface area contributed by atoms with Crippen LogP contribution in [0.2, 0.25) is 0 Å². The van der Waals surface area contributed by atoms with E-state index in [1.165, 1.54) is 11.1 Å². The predicted octanol–water partition coefficient (Wildman–Crippen LogP) is 1.29. The summed E-state index contributed by atoms with van der Waals surface area (Å²) >= 11 is 0. The van der Waals surface area contributed by atoms with E-state index in [2.05, 4.69) is 40.7 Å². The second kappa shape index (κ2) is 5.58. The van der Waals surface area contributed by atoms with Crippen LogP contribution in [-0.2, 0) is 9.57 Å². The molecule has 124 valence electrons. The number of hydroxylamine groups is 3. The van der Waals surface area contributed by atoms with E-state index in [0.29, 0.717) is 0 Å². The molecule has 1 aromatic rings. The van der Waals surface area contributed by atoms with Crippen molar-refractivity contribution in [3.05, 3.63) is 51.9 Å². The Labute approximate surface area is 140 Å². The molecular formula is C18H21N4O2+. The fraction of sp³-hybridized carbons (Fsp3) is 0.333. The summed E-state index contributed by atoms with van der Waals surface area (Å²) < 4.78 is 5.81. The third kappa shape index (κ3) is 1.90. The summed E-state index contributed by atoms with van der Waals surface area (Å²) in [5, 5.41) is 13.8. The van der Waals surface area contributed by atoms with E-state index in [-0.39, 0.29) is 4.65 Å². The maximum absolute atomic E-state index is 5.97. The Morgan fingerprint density at radius 3 is 2.96 bits per heavy atom. The summed E-state index contributed by atoms with van der Waals surface area (Å²) in [5.74, 6) is 1.53. The first-order valence-corrected chi connectivity index (χ1v) is 8.19.